The molecule has 0 bridgehead atoms. The van der Waals surface area contributed by atoms with E-state index >= 15 is 0 Å². The van der Waals surface area contributed by atoms with Crippen LogP contribution in [0, 0.1) is 29.5 Å². The summed E-state index contributed by atoms with van der Waals surface area (Å²) in [5.41, 5.74) is 6.53. The van der Waals surface area contributed by atoms with E-state index in [0.717, 1.165) is 32.4 Å². The summed E-state index contributed by atoms with van der Waals surface area (Å²) in [6.07, 6.45) is 1.84. The fourth-order valence-corrected chi connectivity index (χ4v) is 6.65. The number of methoxy groups -OCH3 is 1. The molecule has 9 nitrogen and oxygen atoms in total. The van der Waals surface area contributed by atoms with E-state index in [-0.39, 0.29) is 42.0 Å². The fraction of sp³-hybridized carbons (Fsp3) is 0.548. The molecule has 2 heterocycles. The van der Waals surface area contributed by atoms with Gasteiger partial charge in [0.15, 0.2) is 0 Å². The molecule has 2 saturated heterocycles. The summed E-state index contributed by atoms with van der Waals surface area (Å²) in [5.74, 6) is 1.06. The SMILES string of the molecule is COc1cc(N)c(Cl)cc1C(=O)NCC1CCN(CC(COc2ccc(F)cc2)C2C(C)CC(C)CN2C(=O)O)CC1.Cl. The maximum absolute atomic E-state index is 13.4. The Morgan fingerprint density at radius 2 is 1.86 bits per heavy atom. The molecule has 2 fully saturated rings. The lowest BCUT2D eigenvalue weighted by Crippen LogP contribution is -2.57. The topological polar surface area (TPSA) is 117 Å². The zero-order valence-electron chi connectivity index (χ0n) is 24.9. The third-order valence-electron chi connectivity index (χ3n) is 8.55. The fourth-order valence-electron chi connectivity index (χ4n) is 6.48. The second-order valence-corrected chi connectivity index (χ2v) is 12.2. The van der Waals surface area contributed by atoms with Crippen LogP contribution >= 0.6 is 24.0 Å². The van der Waals surface area contributed by atoms with Crippen molar-refractivity contribution in [3.63, 3.8) is 0 Å². The number of benzene rings is 2. The van der Waals surface area contributed by atoms with E-state index in [4.69, 9.17) is 26.8 Å². The van der Waals surface area contributed by atoms with Crippen LogP contribution in [0.25, 0.3) is 0 Å². The molecular weight excluding hydrogens is 598 g/mol. The lowest BCUT2D eigenvalue weighted by molar-refractivity contribution is 0.00610. The molecule has 2 aromatic rings. The molecule has 4 N–H and O–H groups in total. The van der Waals surface area contributed by atoms with Gasteiger partial charge >= 0.3 is 6.09 Å². The zero-order valence-corrected chi connectivity index (χ0v) is 26.5. The number of piperidine rings is 2. The van der Waals surface area contributed by atoms with Crippen molar-refractivity contribution < 1.29 is 28.6 Å². The highest BCUT2D eigenvalue weighted by molar-refractivity contribution is 6.33. The molecule has 2 aliphatic heterocycles. The lowest BCUT2D eigenvalue weighted by atomic mass is 9.78. The van der Waals surface area contributed by atoms with Gasteiger partial charge in [0.25, 0.3) is 5.91 Å². The van der Waals surface area contributed by atoms with Gasteiger partial charge in [-0.2, -0.15) is 0 Å². The van der Waals surface area contributed by atoms with E-state index in [9.17, 15) is 19.1 Å². The van der Waals surface area contributed by atoms with Gasteiger partial charge in [0.1, 0.15) is 17.3 Å². The summed E-state index contributed by atoms with van der Waals surface area (Å²) in [4.78, 5) is 29.1. The van der Waals surface area contributed by atoms with Gasteiger partial charge in [-0.3, -0.25) is 4.79 Å². The molecule has 0 aromatic heterocycles. The number of nitrogens with zero attached hydrogens (tertiary/aromatic N) is 2. The van der Waals surface area contributed by atoms with Crippen LogP contribution in [0.15, 0.2) is 36.4 Å². The van der Waals surface area contributed by atoms with Crippen LogP contribution in [0.2, 0.25) is 5.02 Å². The smallest absolute Gasteiger partial charge is 0.407 e. The van der Waals surface area contributed by atoms with Crippen LogP contribution in [0.4, 0.5) is 14.9 Å². The Balaban J connectivity index is 0.00000506. The Morgan fingerprint density at radius 3 is 2.49 bits per heavy atom. The number of hydrogen-bond donors (Lipinski definition) is 3. The van der Waals surface area contributed by atoms with Crippen molar-refractivity contribution in [3.05, 3.63) is 52.8 Å². The zero-order chi connectivity index (χ0) is 30.4. The highest BCUT2D eigenvalue weighted by Gasteiger charge is 2.41. The number of rotatable bonds is 10. The van der Waals surface area contributed by atoms with E-state index in [2.05, 4.69) is 24.1 Å². The summed E-state index contributed by atoms with van der Waals surface area (Å²) in [6, 6.07) is 8.81. The van der Waals surface area contributed by atoms with Crippen molar-refractivity contribution in [1.82, 2.24) is 15.1 Å². The first kappa shape index (κ1) is 34.5. The van der Waals surface area contributed by atoms with Gasteiger partial charge in [-0.1, -0.05) is 25.4 Å². The molecule has 0 spiro atoms. The number of likely N-dealkylation sites (tertiary alicyclic amines) is 2. The third-order valence-corrected chi connectivity index (χ3v) is 8.87. The van der Waals surface area contributed by atoms with Crippen molar-refractivity contribution in [1.29, 1.82) is 0 Å². The summed E-state index contributed by atoms with van der Waals surface area (Å²) >= 11 is 6.13. The van der Waals surface area contributed by atoms with Gasteiger partial charge in [-0.25, -0.2) is 9.18 Å². The number of nitrogens with one attached hydrogen (secondary N) is 1. The molecule has 238 valence electrons. The monoisotopic (exact) mass is 640 g/mol. The van der Waals surface area contributed by atoms with Crippen molar-refractivity contribution in [2.75, 3.05) is 52.2 Å². The average molecular weight is 642 g/mol. The predicted molar refractivity (Wildman–Crippen MR) is 168 cm³/mol. The average Bonchev–Trinajstić information content (AvgIpc) is 2.96. The maximum atomic E-state index is 13.4. The van der Waals surface area contributed by atoms with E-state index in [1.165, 1.54) is 25.3 Å². The molecule has 2 aromatic carbocycles. The Bertz CT molecular complexity index is 1230. The van der Waals surface area contributed by atoms with Gasteiger partial charge in [0.05, 0.1) is 30.0 Å². The van der Waals surface area contributed by atoms with Crippen molar-refractivity contribution in [2.45, 2.75) is 39.2 Å². The number of carbonyl (C=O) groups excluding carboxylic acids is 1. The standard InChI is InChI=1S/C31H42ClFN4O5.ClH/c1-19-12-20(2)29(37(16-19)31(39)40)22(18-42-24-6-4-23(33)5-7-24)17-36-10-8-21(9-11-36)15-35-30(38)25-13-26(32)27(34)14-28(25)41-3;/h4-7,13-14,19-22,29H,8-12,15-18,34H2,1-3H3,(H,35,38)(H,39,40);1H. The number of amides is 2. The Labute approximate surface area is 264 Å². The quantitative estimate of drug-likeness (QED) is 0.287. The third kappa shape index (κ3) is 9.03. The van der Waals surface area contributed by atoms with Gasteiger partial charge in [0.2, 0.25) is 0 Å². The molecule has 43 heavy (non-hydrogen) atoms. The van der Waals surface area contributed by atoms with Crippen molar-refractivity contribution in [3.8, 4) is 11.5 Å². The molecular formula is C31H43Cl2FN4O5. The van der Waals surface area contributed by atoms with Gasteiger partial charge in [-0.15, -0.1) is 12.4 Å². The molecule has 4 rings (SSSR count). The molecule has 0 aliphatic carbocycles. The number of carboxylic acid groups (broad SMARTS) is 1. The lowest BCUT2D eigenvalue weighted by Gasteiger charge is -2.46. The van der Waals surface area contributed by atoms with E-state index in [1.54, 1.807) is 23.1 Å². The Morgan fingerprint density at radius 1 is 1.19 bits per heavy atom. The van der Waals surface area contributed by atoms with Gasteiger partial charge in [0, 0.05) is 37.7 Å². The highest BCUT2D eigenvalue weighted by atomic mass is 35.5. The molecule has 2 aliphatic rings. The molecule has 2 amide bonds. The van der Waals surface area contributed by atoms with E-state index < -0.39 is 6.09 Å². The summed E-state index contributed by atoms with van der Waals surface area (Å²) in [6.45, 7) is 7.93. The summed E-state index contributed by atoms with van der Waals surface area (Å²) in [5, 5.41) is 13.4. The predicted octanol–water partition coefficient (Wildman–Crippen LogP) is 5.65. The van der Waals surface area contributed by atoms with Gasteiger partial charge in [-0.05, 0) is 80.4 Å². The first-order valence-corrected chi connectivity index (χ1v) is 14.9. The second kappa shape index (κ2) is 15.7. The van der Waals surface area contributed by atoms with Crippen LogP contribution in [-0.4, -0.2) is 79.4 Å². The second-order valence-electron chi connectivity index (χ2n) is 11.8. The first-order valence-electron chi connectivity index (χ1n) is 14.6. The molecule has 4 atom stereocenters. The molecule has 0 saturated carbocycles. The van der Waals surface area contributed by atoms with Gasteiger partial charge < -0.3 is 35.4 Å². The number of nitrogen functional groups attached to an aromatic ring is 1. The van der Waals surface area contributed by atoms with Crippen molar-refractivity contribution in [2.24, 2.45) is 23.7 Å². The van der Waals surface area contributed by atoms with Crippen LogP contribution in [0.1, 0.15) is 43.5 Å². The Hall–Kier alpha value is -2.95. The molecule has 12 heteroatoms. The summed E-state index contributed by atoms with van der Waals surface area (Å²) in [7, 11) is 1.48. The minimum Gasteiger partial charge on any atom is -0.496 e. The number of halogens is 3. The maximum Gasteiger partial charge on any atom is 0.407 e. The minimum atomic E-state index is -0.904. The van der Waals surface area contributed by atoms with Crippen LogP contribution in [0.5, 0.6) is 11.5 Å². The highest BCUT2D eigenvalue weighted by Crippen LogP contribution is 2.34. The number of ether oxygens (including phenoxy) is 2. The number of hydrogen-bond acceptors (Lipinski definition) is 6. The van der Waals surface area contributed by atoms with Crippen LogP contribution < -0.4 is 20.5 Å². The summed E-state index contributed by atoms with van der Waals surface area (Å²) < 4.78 is 24.8. The van der Waals surface area contributed by atoms with E-state index in [1.807, 2.05) is 0 Å². The normalized spacial score (nSPS) is 21.9. The number of nitrogens with two attached hydrogens (primary N) is 1. The number of anilines is 1. The minimum absolute atomic E-state index is 0. The van der Waals surface area contributed by atoms with Crippen molar-refractivity contribution >= 4 is 41.7 Å². The van der Waals surface area contributed by atoms with Crippen LogP contribution in [0.3, 0.4) is 0 Å². The van der Waals surface area contributed by atoms with Crippen LogP contribution in [-0.2, 0) is 0 Å². The molecule has 0 radical (unpaired) electrons. The first-order chi connectivity index (χ1) is 20.0. The molecule has 4 unspecified atom stereocenters. The Kier molecular flexibility index (Phi) is 12.6. The number of carbonyl (C=O) groups is 2. The van der Waals surface area contributed by atoms with E-state index in [0.29, 0.717) is 65.8 Å². The largest absolute Gasteiger partial charge is 0.496 e.